The van der Waals surface area contributed by atoms with Crippen LogP contribution < -0.4 is 9.64 Å². The average Bonchev–Trinajstić information content (AvgIpc) is 2.88. The fourth-order valence-corrected chi connectivity index (χ4v) is 3.90. The van der Waals surface area contributed by atoms with Gasteiger partial charge in [-0.05, 0) is 40.0 Å². The standard InChI is InChI=1S/C21H28F2N2O5/c1-21(2,3)30-20(27)25-8-6-13(10-17(25)19(26)28-4)24-7-5-9-29-18-12-15(23)14(22)11-16(18)24/h11-13,17H,5-10H2,1-4H3/t13-,17+/m1/s1. The summed E-state index contributed by atoms with van der Waals surface area (Å²) in [6, 6.07) is 1.17. The van der Waals surface area contributed by atoms with Crippen LogP contribution in [0.15, 0.2) is 12.1 Å². The Morgan fingerprint density at radius 2 is 1.87 bits per heavy atom. The molecule has 30 heavy (non-hydrogen) atoms. The number of methoxy groups -OCH3 is 1. The number of likely N-dealkylation sites (tertiary alicyclic amines) is 1. The molecule has 0 aliphatic carbocycles. The molecule has 0 N–H and O–H groups in total. The molecule has 1 amide bonds. The van der Waals surface area contributed by atoms with Gasteiger partial charge in [0.15, 0.2) is 11.6 Å². The van der Waals surface area contributed by atoms with E-state index in [0.717, 1.165) is 12.1 Å². The molecule has 2 aliphatic heterocycles. The zero-order valence-corrected chi connectivity index (χ0v) is 17.7. The number of hydrogen-bond donors (Lipinski definition) is 0. The summed E-state index contributed by atoms with van der Waals surface area (Å²) >= 11 is 0. The average molecular weight is 426 g/mol. The van der Waals surface area contributed by atoms with Crippen molar-refractivity contribution in [3.63, 3.8) is 0 Å². The number of halogens is 2. The second kappa shape index (κ2) is 8.65. The summed E-state index contributed by atoms with van der Waals surface area (Å²) in [4.78, 5) is 28.4. The van der Waals surface area contributed by atoms with Crippen molar-refractivity contribution < 1.29 is 32.6 Å². The fourth-order valence-electron chi connectivity index (χ4n) is 3.90. The van der Waals surface area contributed by atoms with Crippen LogP contribution in [0.2, 0.25) is 0 Å². The summed E-state index contributed by atoms with van der Waals surface area (Å²) in [5.41, 5.74) is -0.247. The maximum absolute atomic E-state index is 14.0. The molecule has 7 nitrogen and oxygen atoms in total. The van der Waals surface area contributed by atoms with Gasteiger partial charge in [-0.3, -0.25) is 4.90 Å². The molecule has 2 aliphatic rings. The monoisotopic (exact) mass is 426 g/mol. The van der Waals surface area contributed by atoms with E-state index in [2.05, 4.69) is 0 Å². The van der Waals surface area contributed by atoms with E-state index in [1.807, 2.05) is 4.90 Å². The summed E-state index contributed by atoms with van der Waals surface area (Å²) in [5.74, 6) is -2.19. The van der Waals surface area contributed by atoms with Crippen LogP contribution in [0.25, 0.3) is 0 Å². The van der Waals surface area contributed by atoms with E-state index in [-0.39, 0.29) is 24.8 Å². The van der Waals surface area contributed by atoms with Crippen LogP contribution in [-0.2, 0) is 14.3 Å². The molecular formula is C21H28F2N2O5. The smallest absolute Gasteiger partial charge is 0.411 e. The zero-order chi connectivity index (χ0) is 22.1. The Hall–Kier alpha value is -2.58. The van der Waals surface area contributed by atoms with Gasteiger partial charge in [0.05, 0.1) is 19.4 Å². The lowest BCUT2D eigenvalue weighted by Gasteiger charge is -2.43. The molecule has 2 heterocycles. The van der Waals surface area contributed by atoms with E-state index >= 15 is 0 Å². The maximum atomic E-state index is 14.0. The molecule has 0 spiro atoms. The van der Waals surface area contributed by atoms with E-state index in [1.165, 1.54) is 12.0 Å². The number of amides is 1. The number of anilines is 1. The molecule has 1 aromatic rings. The van der Waals surface area contributed by atoms with E-state index in [9.17, 15) is 18.4 Å². The predicted octanol–water partition coefficient (Wildman–Crippen LogP) is 3.49. The van der Waals surface area contributed by atoms with Crippen molar-refractivity contribution in [1.29, 1.82) is 0 Å². The van der Waals surface area contributed by atoms with Gasteiger partial charge in [-0.15, -0.1) is 0 Å². The van der Waals surface area contributed by atoms with Gasteiger partial charge in [0.2, 0.25) is 0 Å². The Morgan fingerprint density at radius 3 is 2.53 bits per heavy atom. The van der Waals surface area contributed by atoms with Crippen molar-refractivity contribution in [2.45, 2.75) is 57.7 Å². The molecule has 0 unspecified atom stereocenters. The van der Waals surface area contributed by atoms with Gasteiger partial charge < -0.3 is 19.1 Å². The molecule has 0 saturated carbocycles. The molecule has 1 aromatic carbocycles. The largest absolute Gasteiger partial charge is 0.491 e. The lowest BCUT2D eigenvalue weighted by atomic mass is 9.95. The van der Waals surface area contributed by atoms with Crippen LogP contribution in [-0.4, -0.2) is 61.5 Å². The van der Waals surface area contributed by atoms with Crippen LogP contribution in [0, 0.1) is 11.6 Å². The van der Waals surface area contributed by atoms with E-state index in [0.29, 0.717) is 31.7 Å². The third-order valence-corrected chi connectivity index (χ3v) is 5.23. The van der Waals surface area contributed by atoms with Crippen molar-refractivity contribution in [3.8, 4) is 5.75 Å². The minimum absolute atomic E-state index is 0.182. The highest BCUT2D eigenvalue weighted by molar-refractivity contribution is 5.82. The highest BCUT2D eigenvalue weighted by atomic mass is 19.2. The topological polar surface area (TPSA) is 68.3 Å². The van der Waals surface area contributed by atoms with Gasteiger partial charge in [-0.1, -0.05) is 0 Å². The first kappa shape index (κ1) is 22.1. The summed E-state index contributed by atoms with van der Waals surface area (Å²) in [7, 11) is 1.27. The van der Waals surface area contributed by atoms with Crippen molar-refractivity contribution in [1.82, 2.24) is 4.90 Å². The number of benzene rings is 1. The zero-order valence-electron chi connectivity index (χ0n) is 17.7. The number of carbonyl (C=O) groups is 2. The van der Waals surface area contributed by atoms with Gasteiger partial charge in [0.25, 0.3) is 0 Å². The van der Waals surface area contributed by atoms with Gasteiger partial charge in [-0.2, -0.15) is 0 Å². The highest BCUT2D eigenvalue weighted by Gasteiger charge is 2.41. The van der Waals surface area contributed by atoms with E-state index < -0.39 is 35.3 Å². The Bertz CT molecular complexity index is 811. The molecule has 0 bridgehead atoms. The first-order valence-corrected chi connectivity index (χ1v) is 10.1. The molecule has 3 rings (SSSR count). The van der Waals surface area contributed by atoms with Gasteiger partial charge >= 0.3 is 12.1 Å². The third kappa shape index (κ3) is 4.76. The molecule has 0 radical (unpaired) electrons. The summed E-state index contributed by atoms with van der Waals surface area (Å²) in [6.45, 7) is 6.48. The normalized spacial score (nSPS) is 21.9. The highest BCUT2D eigenvalue weighted by Crippen LogP contribution is 2.37. The van der Waals surface area contributed by atoms with Gasteiger partial charge in [0.1, 0.15) is 17.4 Å². The van der Waals surface area contributed by atoms with Crippen LogP contribution in [0.1, 0.15) is 40.0 Å². The molecule has 9 heteroatoms. The maximum Gasteiger partial charge on any atom is 0.411 e. The first-order valence-electron chi connectivity index (χ1n) is 10.1. The summed E-state index contributed by atoms with van der Waals surface area (Å²) < 4.78 is 43.6. The predicted molar refractivity (Wildman–Crippen MR) is 106 cm³/mol. The number of hydrogen-bond acceptors (Lipinski definition) is 6. The Kier molecular flexibility index (Phi) is 6.38. The van der Waals surface area contributed by atoms with E-state index in [4.69, 9.17) is 14.2 Å². The van der Waals surface area contributed by atoms with Crippen molar-refractivity contribution in [2.24, 2.45) is 0 Å². The number of fused-ring (bicyclic) bond motifs is 1. The number of carbonyl (C=O) groups excluding carboxylic acids is 2. The Balaban J connectivity index is 1.86. The second-order valence-corrected chi connectivity index (χ2v) is 8.52. The molecule has 2 atom stereocenters. The van der Waals surface area contributed by atoms with Crippen LogP contribution in [0.3, 0.4) is 0 Å². The number of ether oxygens (including phenoxy) is 3. The van der Waals surface area contributed by atoms with Gasteiger partial charge in [0, 0.05) is 31.3 Å². The lowest BCUT2D eigenvalue weighted by Crippen LogP contribution is -2.56. The van der Waals surface area contributed by atoms with Crippen molar-refractivity contribution in [2.75, 3.05) is 31.7 Å². The number of rotatable bonds is 2. The quantitative estimate of drug-likeness (QED) is 0.675. The van der Waals surface area contributed by atoms with E-state index in [1.54, 1.807) is 20.8 Å². The molecular weight excluding hydrogens is 398 g/mol. The fraction of sp³-hybridized carbons (Fsp3) is 0.619. The number of nitrogens with zero attached hydrogens (tertiary/aromatic N) is 2. The van der Waals surface area contributed by atoms with Crippen LogP contribution in [0.4, 0.5) is 19.3 Å². The summed E-state index contributed by atoms with van der Waals surface area (Å²) in [6.07, 6.45) is 0.895. The number of esters is 1. The molecule has 1 fully saturated rings. The van der Waals surface area contributed by atoms with Crippen molar-refractivity contribution in [3.05, 3.63) is 23.8 Å². The Morgan fingerprint density at radius 1 is 1.17 bits per heavy atom. The number of piperidine rings is 1. The van der Waals surface area contributed by atoms with Gasteiger partial charge in [-0.25, -0.2) is 18.4 Å². The second-order valence-electron chi connectivity index (χ2n) is 8.52. The summed E-state index contributed by atoms with van der Waals surface area (Å²) in [5, 5.41) is 0. The third-order valence-electron chi connectivity index (χ3n) is 5.23. The SMILES string of the molecule is COC(=O)[C@@H]1C[C@H](N2CCCOc3cc(F)c(F)cc32)CCN1C(=O)OC(C)(C)C. The molecule has 1 saturated heterocycles. The first-order chi connectivity index (χ1) is 14.1. The van der Waals surface area contributed by atoms with Crippen LogP contribution in [0.5, 0.6) is 5.75 Å². The van der Waals surface area contributed by atoms with Crippen molar-refractivity contribution >= 4 is 17.7 Å². The minimum Gasteiger partial charge on any atom is -0.491 e. The molecule has 166 valence electrons. The minimum atomic E-state index is -0.970. The lowest BCUT2D eigenvalue weighted by molar-refractivity contribution is -0.148. The molecule has 0 aromatic heterocycles. The van der Waals surface area contributed by atoms with Crippen LogP contribution >= 0.6 is 0 Å². The Labute approximate surface area is 174 Å².